The molecule has 0 amide bonds. The highest BCUT2D eigenvalue weighted by Crippen LogP contribution is 2.11. The highest BCUT2D eigenvalue weighted by Gasteiger charge is 2.21. The fraction of sp³-hybridized carbons (Fsp3) is 0.500. The summed E-state index contributed by atoms with van der Waals surface area (Å²) in [6, 6.07) is 6.28. The lowest BCUT2D eigenvalue weighted by Crippen LogP contribution is -2.40. The minimum atomic E-state index is -0.401. The van der Waals surface area contributed by atoms with E-state index in [0.717, 1.165) is 13.0 Å². The van der Waals surface area contributed by atoms with Gasteiger partial charge in [-0.25, -0.2) is 0 Å². The Labute approximate surface area is 91.4 Å². The zero-order chi connectivity index (χ0) is 11.3. The number of pyridine rings is 1. The SMILES string of the molecule is CN(CCc1cccnc1)C(C)(C)C#N. The van der Waals surface area contributed by atoms with Crippen molar-refractivity contribution in [2.24, 2.45) is 0 Å². The maximum absolute atomic E-state index is 8.96. The van der Waals surface area contributed by atoms with Crippen LogP contribution in [0.5, 0.6) is 0 Å². The summed E-state index contributed by atoms with van der Waals surface area (Å²) in [6.45, 7) is 4.72. The molecule has 0 spiro atoms. The molecular formula is C12H17N3. The molecule has 0 aromatic carbocycles. The molecule has 80 valence electrons. The minimum absolute atomic E-state index is 0.401. The standard InChI is InChI=1S/C12H17N3/c1-12(2,10-13)15(3)8-6-11-5-4-7-14-9-11/h4-5,7,9H,6,8H2,1-3H3. The molecule has 1 rings (SSSR count). The fourth-order valence-electron chi connectivity index (χ4n) is 1.21. The molecule has 1 aromatic heterocycles. The second kappa shape index (κ2) is 4.90. The van der Waals surface area contributed by atoms with Gasteiger partial charge in [0.05, 0.1) is 6.07 Å². The molecule has 0 bridgehead atoms. The van der Waals surface area contributed by atoms with Crippen LogP contribution in [0.15, 0.2) is 24.5 Å². The summed E-state index contributed by atoms with van der Waals surface area (Å²) >= 11 is 0. The summed E-state index contributed by atoms with van der Waals surface area (Å²) in [5, 5.41) is 8.96. The Bertz CT molecular complexity index is 338. The fourth-order valence-corrected chi connectivity index (χ4v) is 1.21. The number of aromatic nitrogens is 1. The van der Waals surface area contributed by atoms with E-state index in [2.05, 4.69) is 22.0 Å². The minimum Gasteiger partial charge on any atom is -0.289 e. The summed E-state index contributed by atoms with van der Waals surface area (Å²) in [5.74, 6) is 0. The Kier molecular flexibility index (Phi) is 3.81. The van der Waals surface area contributed by atoms with Crippen molar-refractivity contribution < 1.29 is 0 Å². The van der Waals surface area contributed by atoms with Crippen molar-refractivity contribution in [3.05, 3.63) is 30.1 Å². The number of nitrogens with zero attached hydrogens (tertiary/aromatic N) is 3. The Hall–Kier alpha value is -1.40. The van der Waals surface area contributed by atoms with Gasteiger partial charge < -0.3 is 0 Å². The van der Waals surface area contributed by atoms with Gasteiger partial charge in [-0.15, -0.1) is 0 Å². The lowest BCUT2D eigenvalue weighted by atomic mass is 10.1. The summed E-state index contributed by atoms with van der Waals surface area (Å²) in [6.07, 6.45) is 4.56. The molecule has 0 atom stereocenters. The molecule has 0 radical (unpaired) electrons. The Morgan fingerprint density at radius 1 is 1.53 bits per heavy atom. The van der Waals surface area contributed by atoms with Crippen molar-refractivity contribution >= 4 is 0 Å². The van der Waals surface area contributed by atoms with E-state index in [1.807, 2.05) is 33.2 Å². The summed E-state index contributed by atoms with van der Waals surface area (Å²) in [7, 11) is 1.97. The molecule has 1 heterocycles. The second-order valence-corrected chi connectivity index (χ2v) is 4.20. The van der Waals surface area contributed by atoms with E-state index in [1.165, 1.54) is 5.56 Å². The van der Waals surface area contributed by atoms with Crippen molar-refractivity contribution in [2.45, 2.75) is 25.8 Å². The van der Waals surface area contributed by atoms with E-state index in [1.54, 1.807) is 6.20 Å². The number of likely N-dealkylation sites (N-methyl/N-ethyl adjacent to an activating group) is 1. The second-order valence-electron chi connectivity index (χ2n) is 4.20. The Morgan fingerprint density at radius 3 is 2.80 bits per heavy atom. The molecule has 15 heavy (non-hydrogen) atoms. The first-order chi connectivity index (χ1) is 7.06. The molecule has 0 saturated carbocycles. The number of rotatable bonds is 4. The average Bonchev–Trinajstić information content (AvgIpc) is 2.27. The molecule has 3 heteroatoms. The molecule has 0 fully saturated rings. The van der Waals surface area contributed by atoms with E-state index in [0.29, 0.717) is 0 Å². The zero-order valence-electron chi connectivity index (χ0n) is 9.57. The first-order valence-electron chi connectivity index (χ1n) is 5.07. The van der Waals surface area contributed by atoms with E-state index in [4.69, 9.17) is 5.26 Å². The van der Waals surface area contributed by atoms with Crippen molar-refractivity contribution in [3.8, 4) is 6.07 Å². The van der Waals surface area contributed by atoms with Gasteiger partial charge in [-0.2, -0.15) is 5.26 Å². The molecule has 3 nitrogen and oxygen atoms in total. The molecular weight excluding hydrogens is 186 g/mol. The zero-order valence-corrected chi connectivity index (χ0v) is 9.57. The smallest absolute Gasteiger partial charge is 0.103 e. The quantitative estimate of drug-likeness (QED) is 0.750. The largest absolute Gasteiger partial charge is 0.289 e. The van der Waals surface area contributed by atoms with Crippen LogP contribution in [-0.2, 0) is 6.42 Å². The molecule has 0 aliphatic carbocycles. The van der Waals surface area contributed by atoms with Crippen LogP contribution in [0.4, 0.5) is 0 Å². The van der Waals surface area contributed by atoms with E-state index >= 15 is 0 Å². The van der Waals surface area contributed by atoms with Gasteiger partial charge in [-0.1, -0.05) is 6.07 Å². The van der Waals surface area contributed by atoms with Crippen LogP contribution in [0.3, 0.4) is 0 Å². The van der Waals surface area contributed by atoms with Crippen molar-refractivity contribution in [1.82, 2.24) is 9.88 Å². The van der Waals surface area contributed by atoms with Crippen molar-refractivity contribution in [1.29, 1.82) is 5.26 Å². The van der Waals surface area contributed by atoms with Crippen LogP contribution in [0, 0.1) is 11.3 Å². The molecule has 0 aliphatic rings. The third-order valence-corrected chi connectivity index (χ3v) is 2.69. The highest BCUT2D eigenvalue weighted by atomic mass is 15.2. The van der Waals surface area contributed by atoms with Crippen LogP contribution in [0.2, 0.25) is 0 Å². The van der Waals surface area contributed by atoms with Crippen LogP contribution < -0.4 is 0 Å². The highest BCUT2D eigenvalue weighted by molar-refractivity contribution is 5.09. The van der Waals surface area contributed by atoms with Gasteiger partial charge in [0.15, 0.2) is 0 Å². The van der Waals surface area contributed by atoms with Gasteiger partial charge in [0.25, 0.3) is 0 Å². The third kappa shape index (κ3) is 3.34. The van der Waals surface area contributed by atoms with Gasteiger partial charge in [-0.05, 0) is 38.9 Å². The molecule has 0 saturated heterocycles. The van der Waals surface area contributed by atoms with Gasteiger partial charge in [0, 0.05) is 18.9 Å². The molecule has 1 aromatic rings. The normalized spacial score (nSPS) is 11.4. The van der Waals surface area contributed by atoms with E-state index in [-0.39, 0.29) is 0 Å². The first-order valence-corrected chi connectivity index (χ1v) is 5.07. The van der Waals surface area contributed by atoms with Gasteiger partial charge in [-0.3, -0.25) is 9.88 Å². The third-order valence-electron chi connectivity index (χ3n) is 2.69. The van der Waals surface area contributed by atoms with Crippen LogP contribution in [0.25, 0.3) is 0 Å². The summed E-state index contributed by atoms with van der Waals surface area (Å²) < 4.78 is 0. The molecule has 0 N–H and O–H groups in total. The monoisotopic (exact) mass is 203 g/mol. The average molecular weight is 203 g/mol. The Morgan fingerprint density at radius 2 is 2.27 bits per heavy atom. The molecule has 0 unspecified atom stereocenters. The van der Waals surface area contributed by atoms with Gasteiger partial charge in [0.1, 0.15) is 5.54 Å². The lowest BCUT2D eigenvalue weighted by molar-refractivity contribution is 0.214. The van der Waals surface area contributed by atoms with E-state index in [9.17, 15) is 0 Å². The summed E-state index contributed by atoms with van der Waals surface area (Å²) in [5.41, 5.74) is 0.806. The van der Waals surface area contributed by atoms with E-state index < -0.39 is 5.54 Å². The maximum atomic E-state index is 8.96. The van der Waals surface area contributed by atoms with Crippen molar-refractivity contribution in [2.75, 3.05) is 13.6 Å². The Balaban J connectivity index is 2.49. The van der Waals surface area contributed by atoms with Crippen molar-refractivity contribution in [3.63, 3.8) is 0 Å². The maximum Gasteiger partial charge on any atom is 0.103 e. The van der Waals surface area contributed by atoms with Crippen LogP contribution in [-0.4, -0.2) is 29.0 Å². The predicted molar refractivity (Wildman–Crippen MR) is 60.3 cm³/mol. The number of nitriles is 1. The summed E-state index contributed by atoms with van der Waals surface area (Å²) in [4.78, 5) is 6.12. The number of hydrogen-bond donors (Lipinski definition) is 0. The lowest BCUT2D eigenvalue weighted by Gasteiger charge is -2.28. The van der Waals surface area contributed by atoms with Crippen LogP contribution >= 0.6 is 0 Å². The van der Waals surface area contributed by atoms with Gasteiger partial charge in [0.2, 0.25) is 0 Å². The van der Waals surface area contributed by atoms with Crippen LogP contribution in [0.1, 0.15) is 19.4 Å². The topological polar surface area (TPSA) is 39.9 Å². The number of hydrogen-bond acceptors (Lipinski definition) is 3. The van der Waals surface area contributed by atoms with Gasteiger partial charge >= 0.3 is 0 Å². The predicted octanol–water partition coefficient (Wildman–Crippen LogP) is 1.86. The first kappa shape index (κ1) is 11.7. The molecule has 0 aliphatic heterocycles.